The Labute approximate surface area is 426 Å². The molecular formula is C66H38N8. The lowest BCUT2D eigenvalue weighted by Crippen LogP contribution is -2.06. The first kappa shape index (κ1) is 43.3. The molecule has 0 atom stereocenters. The van der Waals surface area contributed by atoms with E-state index in [1.54, 1.807) is 0 Å². The summed E-state index contributed by atoms with van der Waals surface area (Å²) >= 11 is 0. The fraction of sp³-hybridized carbons (Fsp3) is 0. The molecule has 0 saturated carbocycles. The van der Waals surface area contributed by atoms with Gasteiger partial charge < -0.3 is 9.13 Å². The molecule has 10 aromatic carbocycles. The van der Waals surface area contributed by atoms with Gasteiger partial charge in [0.05, 0.1) is 58.2 Å². The normalized spacial score (nSPS) is 11.2. The van der Waals surface area contributed by atoms with Crippen molar-refractivity contribution in [2.24, 2.45) is 0 Å². The monoisotopic (exact) mass is 942 g/mol. The third-order valence-corrected chi connectivity index (χ3v) is 13.9. The molecular weight excluding hydrogens is 905 g/mol. The van der Waals surface area contributed by atoms with Gasteiger partial charge in [-0.05, 0) is 94.0 Å². The molecule has 0 fully saturated rings. The number of para-hydroxylation sites is 5. The molecule has 3 heterocycles. The van der Waals surface area contributed by atoms with Crippen LogP contribution in [0.15, 0.2) is 231 Å². The Morgan fingerprint density at radius 3 is 1.32 bits per heavy atom. The maximum absolute atomic E-state index is 10.3. The van der Waals surface area contributed by atoms with E-state index in [4.69, 9.17) is 28.1 Å². The first-order chi connectivity index (χ1) is 36.6. The van der Waals surface area contributed by atoms with Gasteiger partial charge in [0, 0.05) is 38.2 Å². The molecule has 0 aliphatic heterocycles. The Hall–Kier alpha value is -10.7. The third-order valence-electron chi connectivity index (χ3n) is 13.9. The van der Waals surface area contributed by atoms with E-state index in [1.165, 1.54) is 0 Å². The number of hydrogen-bond acceptors (Lipinski definition) is 4. The van der Waals surface area contributed by atoms with Crippen molar-refractivity contribution in [2.45, 2.75) is 0 Å². The van der Waals surface area contributed by atoms with E-state index in [0.29, 0.717) is 34.4 Å². The van der Waals surface area contributed by atoms with Crippen LogP contribution in [0.2, 0.25) is 0 Å². The predicted molar refractivity (Wildman–Crippen MR) is 298 cm³/mol. The fourth-order valence-electron chi connectivity index (χ4n) is 10.5. The lowest BCUT2D eigenvalue weighted by molar-refractivity contribution is 1.06. The molecule has 3 aromatic heterocycles. The summed E-state index contributed by atoms with van der Waals surface area (Å²) in [6.45, 7) is 15.7. The van der Waals surface area contributed by atoms with Crippen LogP contribution in [0.25, 0.3) is 132 Å². The maximum atomic E-state index is 10.3. The summed E-state index contributed by atoms with van der Waals surface area (Å²) in [5.41, 5.74) is 15.0. The number of nitrogens with zero attached hydrogens (tertiary/aromatic N) is 8. The third kappa shape index (κ3) is 7.25. The van der Waals surface area contributed by atoms with Crippen molar-refractivity contribution in [3.05, 3.63) is 259 Å². The molecule has 0 spiro atoms. The van der Waals surface area contributed by atoms with Crippen molar-refractivity contribution in [1.29, 1.82) is 5.26 Å². The van der Waals surface area contributed by atoms with Gasteiger partial charge in [-0.2, -0.15) is 5.26 Å². The van der Waals surface area contributed by atoms with E-state index >= 15 is 0 Å². The second-order valence-corrected chi connectivity index (χ2v) is 18.0. The summed E-state index contributed by atoms with van der Waals surface area (Å²) in [5.74, 6) is 1.36. The minimum absolute atomic E-state index is 0.449. The number of fused-ring (bicyclic) bond motifs is 6. The lowest BCUT2D eigenvalue weighted by atomic mass is 9.97. The van der Waals surface area contributed by atoms with Crippen LogP contribution in [0.4, 0.5) is 11.4 Å². The van der Waals surface area contributed by atoms with Gasteiger partial charge in [-0.15, -0.1) is 0 Å². The zero-order chi connectivity index (χ0) is 49.7. The summed E-state index contributed by atoms with van der Waals surface area (Å²) in [7, 11) is 0. The number of rotatable bonds is 8. The van der Waals surface area contributed by atoms with Crippen LogP contribution >= 0.6 is 0 Å². The largest absolute Gasteiger partial charge is 0.308 e. The van der Waals surface area contributed by atoms with Gasteiger partial charge in [-0.25, -0.2) is 24.6 Å². The highest BCUT2D eigenvalue weighted by Gasteiger charge is 2.24. The molecule has 0 amide bonds. The molecule has 0 N–H and O–H groups in total. The Bertz CT molecular complexity index is 4190. The van der Waals surface area contributed by atoms with Crippen molar-refractivity contribution in [3.8, 4) is 85.0 Å². The minimum atomic E-state index is 0.449. The van der Waals surface area contributed by atoms with E-state index in [2.05, 4.69) is 164 Å². The van der Waals surface area contributed by atoms with Gasteiger partial charge >= 0.3 is 0 Å². The van der Waals surface area contributed by atoms with E-state index in [9.17, 15) is 5.26 Å². The number of hydrogen-bond donors (Lipinski definition) is 0. The van der Waals surface area contributed by atoms with Gasteiger partial charge in [0.1, 0.15) is 0 Å². The Morgan fingerprint density at radius 2 is 0.797 bits per heavy atom. The quantitative estimate of drug-likeness (QED) is 0.142. The standard InChI is InChI=1S/C66H38N8/c1-68-48-34-30-42(31-35-48)43-17-15-18-46(38-43)64-70-65(55-36-32-44(49-19-4-3-16-47(49)41-67)39-62(55)73-58-26-11-6-21-51(58)52-22-7-12-27-59(52)73)72-66(71-64)56-37-33-45(50-20-5-10-25-57(50)69-2)40-63(56)74-60-28-13-8-23-53(60)54-24-9-14-29-61(54)74/h3-40H. The van der Waals surface area contributed by atoms with E-state index < -0.39 is 0 Å². The van der Waals surface area contributed by atoms with Crippen LogP contribution < -0.4 is 0 Å². The maximum Gasteiger partial charge on any atom is 0.194 e. The van der Waals surface area contributed by atoms with Crippen LogP contribution in [-0.4, -0.2) is 24.1 Å². The number of nitriles is 1. The molecule has 74 heavy (non-hydrogen) atoms. The second kappa shape index (κ2) is 17.9. The SMILES string of the molecule is [C-]#[N+]c1ccc(-c2cccc(-c3nc(-c4ccc(-c5ccccc5C#N)cc4-n4c5ccccc5c5ccccc54)nc(-c4ccc(-c5ccccc5[N+]#[C-])cc4-n4c5ccccc5c5ccccc54)n3)c2)cc1. The second-order valence-electron chi connectivity index (χ2n) is 18.0. The van der Waals surface area contributed by atoms with Crippen LogP contribution in [0.3, 0.4) is 0 Å². The smallest absolute Gasteiger partial charge is 0.194 e. The molecule has 342 valence electrons. The molecule has 8 heteroatoms. The molecule has 0 radical (unpaired) electrons. The van der Waals surface area contributed by atoms with Crippen LogP contribution in [-0.2, 0) is 0 Å². The zero-order valence-corrected chi connectivity index (χ0v) is 39.5. The topological polar surface area (TPSA) is 81.0 Å². The predicted octanol–water partition coefficient (Wildman–Crippen LogP) is 17.0. The van der Waals surface area contributed by atoms with Crippen LogP contribution in [0.5, 0.6) is 0 Å². The average Bonchev–Trinajstić information content (AvgIpc) is 4.00. The van der Waals surface area contributed by atoms with E-state index in [0.717, 1.165) is 105 Å². The molecule has 0 aliphatic carbocycles. The first-order valence-electron chi connectivity index (χ1n) is 24.1. The summed E-state index contributed by atoms with van der Waals surface area (Å²) < 4.78 is 4.56. The molecule has 0 aliphatic rings. The van der Waals surface area contributed by atoms with Gasteiger partial charge in [-0.3, -0.25) is 0 Å². The molecule has 13 rings (SSSR count). The summed E-state index contributed by atoms with van der Waals surface area (Å²) in [4.78, 5) is 24.0. The van der Waals surface area contributed by atoms with Crippen molar-refractivity contribution < 1.29 is 0 Å². The van der Waals surface area contributed by atoms with Crippen molar-refractivity contribution >= 4 is 55.0 Å². The lowest BCUT2D eigenvalue weighted by Gasteiger charge is -2.18. The van der Waals surface area contributed by atoms with E-state index in [1.807, 2.05) is 91.0 Å². The Morgan fingerprint density at radius 1 is 0.351 bits per heavy atom. The summed E-state index contributed by atoms with van der Waals surface area (Å²) in [6.07, 6.45) is 0. The van der Waals surface area contributed by atoms with Gasteiger partial charge in [0.2, 0.25) is 0 Å². The highest BCUT2D eigenvalue weighted by Crippen LogP contribution is 2.42. The van der Waals surface area contributed by atoms with E-state index in [-0.39, 0.29) is 0 Å². The van der Waals surface area contributed by atoms with Crippen molar-refractivity contribution in [1.82, 2.24) is 24.1 Å². The number of benzene rings is 10. The van der Waals surface area contributed by atoms with Gasteiger partial charge in [0.15, 0.2) is 28.8 Å². The number of aromatic nitrogens is 5. The highest BCUT2D eigenvalue weighted by molar-refractivity contribution is 6.11. The molecule has 13 aromatic rings. The zero-order valence-electron chi connectivity index (χ0n) is 39.5. The summed E-state index contributed by atoms with van der Waals surface area (Å²) in [6, 6.07) is 79.8. The van der Waals surface area contributed by atoms with Gasteiger partial charge in [0.25, 0.3) is 0 Å². The Kier molecular flexibility index (Phi) is 10.5. The fourth-order valence-corrected chi connectivity index (χ4v) is 10.5. The van der Waals surface area contributed by atoms with Crippen molar-refractivity contribution in [3.63, 3.8) is 0 Å². The first-order valence-corrected chi connectivity index (χ1v) is 24.1. The minimum Gasteiger partial charge on any atom is -0.308 e. The van der Waals surface area contributed by atoms with Gasteiger partial charge in [-0.1, -0.05) is 170 Å². The molecule has 8 nitrogen and oxygen atoms in total. The molecule has 0 bridgehead atoms. The van der Waals surface area contributed by atoms with Crippen molar-refractivity contribution in [2.75, 3.05) is 0 Å². The molecule has 0 saturated heterocycles. The van der Waals surface area contributed by atoms with Crippen LogP contribution in [0.1, 0.15) is 5.56 Å². The summed E-state index contributed by atoms with van der Waals surface area (Å²) in [5, 5.41) is 14.8. The average molecular weight is 943 g/mol. The molecule has 0 unspecified atom stereocenters. The highest BCUT2D eigenvalue weighted by atomic mass is 15.1. The van der Waals surface area contributed by atoms with Crippen LogP contribution in [0, 0.1) is 24.5 Å². The Balaban J connectivity index is 1.13.